The molecule has 5 nitrogen and oxygen atoms in total. The fourth-order valence-corrected chi connectivity index (χ4v) is 5.19. The maximum absolute atomic E-state index is 13.3. The maximum atomic E-state index is 13.3. The Kier molecular flexibility index (Phi) is 11.1. The van der Waals surface area contributed by atoms with Crippen molar-refractivity contribution in [3.8, 4) is 0 Å². The number of alkyl halides is 1. The van der Waals surface area contributed by atoms with Crippen molar-refractivity contribution in [2.75, 3.05) is 32.5 Å². The Morgan fingerprint density at radius 1 is 1.08 bits per heavy atom. The van der Waals surface area contributed by atoms with E-state index in [0.29, 0.717) is 25.9 Å². The number of carbonyl (C=O) groups is 1. The molecule has 2 aromatic carbocycles. The molecule has 0 unspecified atom stereocenters. The molecule has 1 aliphatic carbocycles. The number of nitrogen functional groups attached to an aromatic ring is 1. The molecule has 3 N–H and O–H groups in total. The number of halogens is 4. The van der Waals surface area contributed by atoms with Crippen LogP contribution in [-0.4, -0.2) is 49.3 Å². The minimum atomic E-state index is -0.843. The highest BCUT2D eigenvalue weighted by Gasteiger charge is 2.41. The molecule has 0 radical (unpaired) electrons. The number of hydrogen-bond donors (Lipinski definition) is 2. The zero-order valence-electron chi connectivity index (χ0n) is 21.1. The minimum Gasteiger partial charge on any atom is -0.394 e. The van der Waals surface area contributed by atoms with E-state index in [1.54, 1.807) is 0 Å². The van der Waals surface area contributed by atoms with Crippen LogP contribution in [-0.2, 0) is 16.0 Å². The van der Waals surface area contributed by atoms with E-state index in [4.69, 9.17) is 10.5 Å². The molecular formula is C27H35F4N3O2S. The third-order valence-corrected chi connectivity index (χ3v) is 7.55. The van der Waals surface area contributed by atoms with Gasteiger partial charge >= 0.3 is 0 Å². The van der Waals surface area contributed by atoms with Gasteiger partial charge in [0.1, 0.15) is 34.9 Å². The number of benzene rings is 2. The summed E-state index contributed by atoms with van der Waals surface area (Å²) in [7, 11) is 1.50. The van der Waals surface area contributed by atoms with Crippen LogP contribution in [0.25, 0.3) is 0 Å². The topological polar surface area (TPSA) is 67.6 Å². The van der Waals surface area contributed by atoms with Crippen molar-refractivity contribution in [3.05, 3.63) is 59.4 Å². The Morgan fingerprint density at radius 2 is 1.70 bits per heavy atom. The van der Waals surface area contributed by atoms with Crippen LogP contribution in [0.3, 0.4) is 0 Å². The van der Waals surface area contributed by atoms with E-state index < -0.39 is 29.1 Å². The largest absolute Gasteiger partial charge is 0.394 e. The molecule has 0 bridgehead atoms. The van der Waals surface area contributed by atoms with E-state index in [9.17, 15) is 22.4 Å². The van der Waals surface area contributed by atoms with Crippen LogP contribution in [0.5, 0.6) is 0 Å². The summed E-state index contributed by atoms with van der Waals surface area (Å²) in [6.45, 7) is 2.26. The first-order valence-corrected chi connectivity index (χ1v) is 13.4. The summed E-state index contributed by atoms with van der Waals surface area (Å²) in [5.74, 6) is -2.14. The Hall–Kier alpha value is -2.30. The van der Waals surface area contributed by atoms with Crippen LogP contribution in [0.2, 0.25) is 0 Å². The number of amides is 1. The molecule has 10 heteroatoms. The molecule has 37 heavy (non-hydrogen) atoms. The van der Waals surface area contributed by atoms with Crippen molar-refractivity contribution in [2.24, 2.45) is 0 Å². The number of aryl methyl sites for hydroxylation is 1. The van der Waals surface area contributed by atoms with Crippen LogP contribution < -0.4 is 10.5 Å². The molecule has 4 rings (SSSR count). The standard InChI is InChI=1S/C14H19F2N.C13H16F2N2O2S/c15-13-7-5-12(6-8-13)4-2-1-3-9-17-10-14(16)11-17;1-19-13(4-2-3-5-13)12(18)17-20-8-6-9(14)11(16)10(15)7-8/h5-8,14H,1-4,9-11H2;6-7H,2-5,16H2,1H3,(H,17,18). The van der Waals surface area contributed by atoms with Gasteiger partial charge in [-0.1, -0.05) is 18.6 Å². The van der Waals surface area contributed by atoms with Gasteiger partial charge in [0.25, 0.3) is 5.91 Å². The van der Waals surface area contributed by atoms with Crippen molar-refractivity contribution in [2.45, 2.75) is 68.0 Å². The average Bonchev–Trinajstić information content (AvgIpc) is 3.36. The zero-order valence-corrected chi connectivity index (χ0v) is 21.9. The lowest BCUT2D eigenvalue weighted by atomic mass is 10.0. The molecule has 1 amide bonds. The number of hydrogen-bond acceptors (Lipinski definition) is 5. The second-order valence-electron chi connectivity index (χ2n) is 9.53. The number of nitrogens with one attached hydrogen (secondary N) is 1. The van der Waals surface area contributed by atoms with Gasteiger partial charge in [-0.3, -0.25) is 14.4 Å². The van der Waals surface area contributed by atoms with Crippen molar-refractivity contribution in [1.82, 2.24) is 9.62 Å². The SMILES string of the molecule is COC1(C(=O)NSc2cc(F)c(N)c(F)c2)CCCC1.Fc1ccc(CCCCCN2CC(F)C2)cc1. The van der Waals surface area contributed by atoms with Gasteiger partial charge < -0.3 is 10.5 Å². The second kappa shape index (κ2) is 14.0. The van der Waals surface area contributed by atoms with E-state index >= 15 is 0 Å². The summed E-state index contributed by atoms with van der Waals surface area (Å²) < 4.78 is 59.7. The lowest BCUT2D eigenvalue weighted by Crippen LogP contribution is -2.48. The molecule has 2 fully saturated rings. The van der Waals surface area contributed by atoms with Gasteiger partial charge in [-0.05, 0) is 93.3 Å². The van der Waals surface area contributed by atoms with Gasteiger partial charge in [-0.25, -0.2) is 17.6 Å². The predicted molar refractivity (Wildman–Crippen MR) is 138 cm³/mol. The molecule has 0 aromatic heterocycles. The fraction of sp³-hybridized carbons (Fsp3) is 0.519. The Balaban J connectivity index is 0.000000208. The van der Waals surface area contributed by atoms with Gasteiger partial charge in [0.2, 0.25) is 0 Å². The number of methoxy groups -OCH3 is 1. The van der Waals surface area contributed by atoms with E-state index in [-0.39, 0.29) is 16.6 Å². The number of nitrogens with two attached hydrogens (primary N) is 1. The summed E-state index contributed by atoms with van der Waals surface area (Å²) in [6, 6.07) is 8.87. The highest BCUT2D eigenvalue weighted by molar-refractivity contribution is 7.98. The van der Waals surface area contributed by atoms with Gasteiger partial charge in [-0.15, -0.1) is 0 Å². The van der Waals surface area contributed by atoms with Crippen molar-refractivity contribution < 1.29 is 27.1 Å². The number of likely N-dealkylation sites (tertiary alicyclic amines) is 1. The lowest BCUT2D eigenvalue weighted by Gasteiger charge is -2.34. The van der Waals surface area contributed by atoms with Crippen molar-refractivity contribution in [1.29, 1.82) is 0 Å². The summed E-state index contributed by atoms with van der Waals surface area (Å²) in [6.07, 6.45) is 6.99. The monoisotopic (exact) mass is 541 g/mol. The summed E-state index contributed by atoms with van der Waals surface area (Å²) in [4.78, 5) is 14.5. The van der Waals surface area contributed by atoms with Crippen LogP contribution in [0.15, 0.2) is 41.3 Å². The van der Waals surface area contributed by atoms with E-state index in [2.05, 4.69) is 9.62 Å². The van der Waals surface area contributed by atoms with Crippen molar-refractivity contribution >= 4 is 23.5 Å². The van der Waals surface area contributed by atoms with Crippen LogP contribution in [0, 0.1) is 17.5 Å². The molecule has 1 saturated heterocycles. The Morgan fingerprint density at radius 3 is 2.27 bits per heavy atom. The van der Waals surface area contributed by atoms with Crippen LogP contribution in [0.4, 0.5) is 23.2 Å². The molecule has 0 spiro atoms. The highest BCUT2D eigenvalue weighted by Crippen LogP contribution is 2.34. The highest BCUT2D eigenvalue weighted by atomic mass is 32.2. The third-order valence-electron chi connectivity index (χ3n) is 6.80. The number of unbranched alkanes of at least 4 members (excludes halogenated alkanes) is 2. The summed E-state index contributed by atoms with van der Waals surface area (Å²) in [5.41, 5.74) is 5.03. The van der Waals surface area contributed by atoms with E-state index in [1.165, 1.54) is 24.8 Å². The van der Waals surface area contributed by atoms with Crippen LogP contribution >= 0.6 is 11.9 Å². The molecule has 1 heterocycles. The molecule has 2 aliphatic rings. The Bertz CT molecular complexity index is 990. The molecular weight excluding hydrogens is 506 g/mol. The van der Waals surface area contributed by atoms with Gasteiger partial charge in [0.05, 0.1) is 0 Å². The van der Waals surface area contributed by atoms with Gasteiger partial charge in [-0.2, -0.15) is 0 Å². The fourth-order valence-electron chi connectivity index (χ4n) is 4.47. The first kappa shape index (κ1) is 29.3. The molecule has 1 saturated carbocycles. The summed E-state index contributed by atoms with van der Waals surface area (Å²) in [5, 5.41) is 0. The Labute approximate surface area is 220 Å². The van der Waals surface area contributed by atoms with E-state index in [0.717, 1.165) is 69.2 Å². The molecule has 2 aromatic rings. The lowest BCUT2D eigenvalue weighted by molar-refractivity contribution is -0.140. The number of rotatable bonds is 10. The zero-order chi connectivity index (χ0) is 26.8. The maximum Gasteiger partial charge on any atom is 0.262 e. The number of nitrogens with zero attached hydrogens (tertiary/aromatic N) is 1. The smallest absolute Gasteiger partial charge is 0.262 e. The minimum absolute atomic E-state index is 0.174. The molecule has 0 atom stereocenters. The quantitative estimate of drug-likeness (QED) is 0.172. The first-order valence-electron chi connectivity index (χ1n) is 12.6. The summed E-state index contributed by atoms with van der Waals surface area (Å²) >= 11 is 0.851. The van der Waals surface area contributed by atoms with Gasteiger partial charge in [0.15, 0.2) is 0 Å². The third kappa shape index (κ3) is 8.61. The predicted octanol–water partition coefficient (Wildman–Crippen LogP) is 5.82. The van der Waals surface area contributed by atoms with Crippen LogP contribution in [0.1, 0.15) is 50.5 Å². The first-order chi connectivity index (χ1) is 17.7. The average molecular weight is 542 g/mol. The molecule has 1 aliphatic heterocycles. The number of carbonyl (C=O) groups excluding carboxylic acids is 1. The van der Waals surface area contributed by atoms with E-state index in [1.807, 2.05) is 12.1 Å². The van der Waals surface area contributed by atoms with Gasteiger partial charge in [0, 0.05) is 25.1 Å². The number of ether oxygens (including phenoxy) is 1. The number of anilines is 1. The molecule has 204 valence electrons. The normalized spacial score (nSPS) is 17.1. The second-order valence-corrected chi connectivity index (χ2v) is 10.4. The van der Waals surface area contributed by atoms with Crippen molar-refractivity contribution in [3.63, 3.8) is 0 Å².